The molecule has 110 valence electrons. The number of hydrogen-bond acceptors (Lipinski definition) is 3. The van der Waals surface area contributed by atoms with Crippen molar-refractivity contribution in [3.05, 3.63) is 34.3 Å². The minimum absolute atomic E-state index is 0.219. The van der Waals surface area contributed by atoms with E-state index in [1.165, 1.54) is 12.8 Å². The zero-order valence-electron chi connectivity index (χ0n) is 11.8. The lowest BCUT2D eigenvalue weighted by Gasteiger charge is -2.23. The molecule has 0 bridgehead atoms. The molecule has 1 N–H and O–H groups in total. The molecule has 20 heavy (non-hydrogen) atoms. The number of rotatable bonds is 5. The summed E-state index contributed by atoms with van der Waals surface area (Å²) in [5.41, 5.74) is 1.16. The molecule has 0 radical (unpaired) electrons. The number of nitrogens with zero attached hydrogens (tertiary/aromatic N) is 1. The van der Waals surface area contributed by atoms with E-state index in [1.54, 1.807) is 0 Å². The minimum atomic E-state index is 0.219. The van der Waals surface area contributed by atoms with Crippen LogP contribution in [0.4, 0.5) is 0 Å². The number of halogens is 1. The SMILES string of the molecule is CN(Cc1ccc(Br)cc1)C(=O)CSC1CCNCC1. The van der Waals surface area contributed by atoms with Crippen molar-refractivity contribution in [2.45, 2.75) is 24.6 Å². The van der Waals surface area contributed by atoms with E-state index >= 15 is 0 Å². The van der Waals surface area contributed by atoms with Crippen molar-refractivity contribution in [1.29, 1.82) is 0 Å². The summed E-state index contributed by atoms with van der Waals surface area (Å²) in [6, 6.07) is 8.12. The molecule has 1 aliphatic heterocycles. The van der Waals surface area contributed by atoms with Crippen molar-refractivity contribution in [3.8, 4) is 0 Å². The molecule has 1 saturated heterocycles. The highest BCUT2D eigenvalue weighted by Gasteiger charge is 2.16. The topological polar surface area (TPSA) is 32.3 Å². The number of thioether (sulfide) groups is 1. The summed E-state index contributed by atoms with van der Waals surface area (Å²) in [6.07, 6.45) is 2.35. The number of carbonyl (C=O) groups excluding carboxylic acids is 1. The van der Waals surface area contributed by atoms with Gasteiger partial charge in [-0.15, -0.1) is 11.8 Å². The maximum atomic E-state index is 12.1. The van der Waals surface area contributed by atoms with Crippen LogP contribution < -0.4 is 5.32 Å². The molecule has 1 amide bonds. The lowest BCUT2D eigenvalue weighted by atomic mass is 10.2. The largest absolute Gasteiger partial charge is 0.341 e. The summed E-state index contributed by atoms with van der Waals surface area (Å²) in [5.74, 6) is 0.814. The van der Waals surface area contributed by atoms with Crippen molar-refractivity contribution in [2.24, 2.45) is 0 Å². The fraction of sp³-hybridized carbons (Fsp3) is 0.533. The van der Waals surface area contributed by atoms with Gasteiger partial charge >= 0.3 is 0 Å². The Balaban J connectivity index is 1.75. The highest BCUT2D eigenvalue weighted by molar-refractivity contribution is 9.10. The van der Waals surface area contributed by atoms with Crippen molar-refractivity contribution in [1.82, 2.24) is 10.2 Å². The van der Waals surface area contributed by atoms with Crippen LogP contribution in [0.5, 0.6) is 0 Å². The minimum Gasteiger partial charge on any atom is -0.341 e. The van der Waals surface area contributed by atoms with Crippen molar-refractivity contribution in [3.63, 3.8) is 0 Å². The maximum absolute atomic E-state index is 12.1. The van der Waals surface area contributed by atoms with E-state index in [0.717, 1.165) is 23.1 Å². The van der Waals surface area contributed by atoms with Gasteiger partial charge in [-0.1, -0.05) is 28.1 Å². The fourth-order valence-corrected chi connectivity index (χ4v) is 3.65. The van der Waals surface area contributed by atoms with Crippen LogP contribution in [0.2, 0.25) is 0 Å². The zero-order valence-corrected chi connectivity index (χ0v) is 14.2. The fourth-order valence-electron chi connectivity index (χ4n) is 2.21. The van der Waals surface area contributed by atoms with Crippen molar-refractivity contribution < 1.29 is 4.79 Å². The van der Waals surface area contributed by atoms with Crippen LogP contribution in [0.3, 0.4) is 0 Å². The van der Waals surface area contributed by atoms with Gasteiger partial charge in [0.2, 0.25) is 5.91 Å². The second-order valence-corrected chi connectivity index (χ2v) is 7.34. The number of nitrogens with one attached hydrogen (secondary N) is 1. The van der Waals surface area contributed by atoms with Crippen LogP contribution in [0, 0.1) is 0 Å². The lowest BCUT2D eigenvalue weighted by molar-refractivity contribution is -0.127. The Bertz CT molecular complexity index is 432. The predicted octanol–water partition coefficient (Wildman–Crippen LogP) is 2.89. The molecular weight excluding hydrogens is 336 g/mol. The Labute approximate surface area is 133 Å². The van der Waals surface area contributed by atoms with Crippen LogP contribution in [-0.4, -0.2) is 41.9 Å². The average Bonchev–Trinajstić information content (AvgIpc) is 2.48. The summed E-state index contributed by atoms with van der Waals surface area (Å²) in [4.78, 5) is 14.0. The summed E-state index contributed by atoms with van der Waals surface area (Å²) < 4.78 is 1.07. The quantitative estimate of drug-likeness (QED) is 0.880. The van der Waals surface area contributed by atoms with Gasteiger partial charge in [0.1, 0.15) is 0 Å². The predicted molar refractivity (Wildman–Crippen MR) is 89.0 cm³/mol. The molecule has 0 unspecified atom stereocenters. The zero-order chi connectivity index (χ0) is 14.4. The van der Waals surface area contributed by atoms with E-state index in [0.29, 0.717) is 17.5 Å². The van der Waals surface area contributed by atoms with Gasteiger partial charge < -0.3 is 10.2 Å². The molecule has 1 fully saturated rings. The van der Waals surface area contributed by atoms with Gasteiger partial charge in [0, 0.05) is 23.3 Å². The van der Waals surface area contributed by atoms with E-state index in [1.807, 2.05) is 48.0 Å². The second-order valence-electron chi connectivity index (χ2n) is 5.14. The molecule has 0 aromatic heterocycles. The van der Waals surface area contributed by atoms with Crippen LogP contribution in [0.15, 0.2) is 28.7 Å². The standard InChI is InChI=1S/C15H21BrN2OS/c1-18(10-12-2-4-13(16)5-3-12)15(19)11-20-14-6-8-17-9-7-14/h2-5,14,17H,6-11H2,1H3. The lowest BCUT2D eigenvalue weighted by Crippen LogP contribution is -2.32. The Hall–Kier alpha value is -0.520. The van der Waals surface area contributed by atoms with E-state index in [2.05, 4.69) is 21.2 Å². The van der Waals surface area contributed by atoms with Crippen LogP contribution >= 0.6 is 27.7 Å². The summed E-state index contributed by atoms with van der Waals surface area (Å²) in [5, 5.41) is 3.99. The molecular formula is C15H21BrN2OS. The van der Waals surface area contributed by atoms with E-state index < -0.39 is 0 Å². The molecule has 2 rings (SSSR count). The Morgan fingerprint density at radius 3 is 2.65 bits per heavy atom. The second kappa shape index (κ2) is 8.05. The number of piperidine rings is 1. The third kappa shape index (κ3) is 5.11. The maximum Gasteiger partial charge on any atom is 0.232 e. The van der Waals surface area contributed by atoms with Gasteiger partial charge in [-0.05, 0) is 43.6 Å². The third-order valence-corrected chi connectivity index (χ3v) is 5.37. The van der Waals surface area contributed by atoms with Gasteiger partial charge in [0.25, 0.3) is 0 Å². The normalized spacial score (nSPS) is 16.1. The van der Waals surface area contributed by atoms with Gasteiger partial charge in [0.15, 0.2) is 0 Å². The Morgan fingerprint density at radius 2 is 2.00 bits per heavy atom. The van der Waals surface area contributed by atoms with E-state index in [4.69, 9.17) is 0 Å². The van der Waals surface area contributed by atoms with Crippen molar-refractivity contribution >= 4 is 33.6 Å². The average molecular weight is 357 g/mol. The molecule has 1 aromatic rings. The van der Waals surface area contributed by atoms with E-state index in [9.17, 15) is 4.79 Å². The Morgan fingerprint density at radius 1 is 1.35 bits per heavy atom. The molecule has 3 nitrogen and oxygen atoms in total. The molecule has 5 heteroatoms. The van der Waals surface area contributed by atoms with E-state index in [-0.39, 0.29) is 5.91 Å². The molecule has 1 aromatic carbocycles. The number of benzene rings is 1. The molecule has 0 spiro atoms. The summed E-state index contributed by atoms with van der Waals surface area (Å²) in [6.45, 7) is 2.85. The molecule has 0 aliphatic carbocycles. The first kappa shape index (κ1) is 15.9. The molecule has 0 saturated carbocycles. The number of amides is 1. The number of carbonyl (C=O) groups is 1. The van der Waals surface area contributed by atoms with Crippen LogP contribution in [-0.2, 0) is 11.3 Å². The third-order valence-electron chi connectivity index (χ3n) is 3.49. The first-order valence-corrected chi connectivity index (χ1v) is 8.80. The molecule has 1 aliphatic rings. The summed E-state index contributed by atoms with van der Waals surface area (Å²) >= 11 is 5.23. The van der Waals surface area contributed by atoms with Gasteiger partial charge in [0.05, 0.1) is 5.75 Å². The smallest absolute Gasteiger partial charge is 0.232 e. The first-order valence-electron chi connectivity index (χ1n) is 6.96. The van der Waals surface area contributed by atoms with Gasteiger partial charge in [-0.25, -0.2) is 0 Å². The monoisotopic (exact) mass is 356 g/mol. The number of hydrogen-bond donors (Lipinski definition) is 1. The highest BCUT2D eigenvalue weighted by atomic mass is 79.9. The first-order chi connectivity index (χ1) is 9.65. The summed E-state index contributed by atoms with van der Waals surface area (Å²) in [7, 11) is 1.88. The van der Waals surface area contributed by atoms with Crippen LogP contribution in [0.25, 0.3) is 0 Å². The van der Waals surface area contributed by atoms with Crippen LogP contribution in [0.1, 0.15) is 18.4 Å². The van der Waals surface area contributed by atoms with Gasteiger partial charge in [-0.2, -0.15) is 0 Å². The molecule has 0 atom stereocenters. The molecule has 1 heterocycles. The van der Waals surface area contributed by atoms with Crippen molar-refractivity contribution in [2.75, 3.05) is 25.9 Å². The van der Waals surface area contributed by atoms with Gasteiger partial charge in [-0.3, -0.25) is 4.79 Å². The highest BCUT2D eigenvalue weighted by Crippen LogP contribution is 2.20. The Kier molecular flexibility index (Phi) is 6.39.